The lowest BCUT2D eigenvalue weighted by atomic mass is 10.2. The molecule has 1 aromatic heterocycles. The highest BCUT2D eigenvalue weighted by Gasteiger charge is 2.27. The fourth-order valence-corrected chi connectivity index (χ4v) is 4.19. The predicted octanol–water partition coefficient (Wildman–Crippen LogP) is 3.50. The van der Waals surface area contributed by atoms with Crippen molar-refractivity contribution in [2.45, 2.75) is 19.4 Å². The lowest BCUT2D eigenvalue weighted by molar-refractivity contribution is -0.0224. The van der Waals surface area contributed by atoms with Crippen LogP contribution in [0.25, 0.3) is 10.1 Å². The van der Waals surface area contributed by atoms with Crippen molar-refractivity contribution in [1.82, 2.24) is 4.90 Å². The Kier molecular flexibility index (Phi) is 4.19. The molecule has 0 saturated carbocycles. The zero-order chi connectivity index (χ0) is 15.0. The van der Waals surface area contributed by atoms with E-state index in [1.54, 1.807) is 0 Å². The fraction of sp³-hybridized carbons (Fsp3) is 0.400. The number of ether oxygens (including phenoxy) is 1. The Morgan fingerprint density at radius 2 is 2.38 bits per heavy atom. The average Bonchev–Trinajstić information content (AvgIpc) is 2.83. The van der Waals surface area contributed by atoms with E-state index in [4.69, 9.17) is 10.5 Å². The quantitative estimate of drug-likeness (QED) is 0.882. The summed E-state index contributed by atoms with van der Waals surface area (Å²) in [4.78, 5) is 15.2. The van der Waals surface area contributed by atoms with E-state index in [0.717, 1.165) is 21.0 Å². The van der Waals surface area contributed by atoms with Crippen LogP contribution in [0.5, 0.6) is 0 Å². The molecule has 0 bridgehead atoms. The molecule has 112 valence electrons. The number of nitrogens with zero attached hydrogens (tertiary/aromatic N) is 1. The number of nitrogens with two attached hydrogens (primary N) is 1. The molecule has 2 N–H and O–H groups in total. The van der Waals surface area contributed by atoms with Crippen molar-refractivity contribution in [2.75, 3.05) is 25.4 Å². The number of benzene rings is 1. The number of carbonyl (C=O) groups excluding carboxylic acids is 1. The van der Waals surface area contributed by atoms with E-state index >= 15 is 0 Å². The van der Waals surface area contributed by atoms with Gasteiger partial charge in [0.05, 0.1) is 18.4 Å². The number of hydrogen-bond donors (Lipinski definition) is 1. The maximum atomic E-state index is 12.7. The topological polar surface area (TPSA) is 55.6 Å². The number of carbonyl (C=O) groups is 1. The molecule has 3 rings (SSSR count). The Labute approximate surface area is 136 Å². The zero-order valence-electron chi connectivity index (χ0n) is 11.8. The van der Waals surface area contributed by atoms with Crippen LogP contribution in [0, 0.1) is 0 Å². The maximum Gasteiger partial charge on any atom is 0.266 e. The summed E-state index contributed by atoms with van der Waals surface area (Å²) in [5.41, 5.74) is 6.77. The van der Waals surface area contributed by atoms with Gasteiger partial charge >= 0.3 is 0 Å². The molecule has 21 heavy (non-hydrogen) atoms. The van der Waals surface area contributed by atoms with E-state index in [1.807, 2.05) is 23.1 Å². The van der Waals surface area contributed by atoms with Crippen LogP contribution in [0.3, 0.4) is 0 Å². The summed E-state index contributed by atoms with van der Waals surface area (Å²) < 4.78 is 7.65. The minimum Gasteiger partial charge on any atom is -0.397 e. The molecule has 0 spiro atoms. The monoisotopic (exact) mass is 368 g/mol. The number of halogens is 1. The van der Waals surface area contributed by atoms with Gasteiger partial charge in [0, 0.05) is 27.6 Å². The van der Waals surface area contributed by atoms with E-state index in [2.05, 4.69) is 22.9 Å². The van der Waals surface area contributed by atoms with Gasteiger partial charge in [0.2, 0.25) is 0 Å². The number of nitrogen functional groups attached to an aromatic ring is 1. The average molecular weight is 369 g/mol. The van der Waals surface area contributed by atoms with Crippen LogP contribution in [-0.4, -0.2) is 36.6 Å². The van der Waals surface area contributed by atoms with Gasteiger partial charge in [-0.2, -0.15) is 0 Å². The summed E-state index contributed by atoms with van der Waals surface area (Å²) in [5.74, 6) is 0.0200. The molecule has 2 aromatic rings. The van der Waals surface area contributed by atoms with Gasteiger partial charge in [-0.05, 0) is 18.6 Å². The molecule has 1 aliphatic heterocycles. The Hall–Kier alpha value is -1.11. The Morgan fingerprint density at radius 3 is 3.14 bits per heavy atom. The first-order valence-corrected chi connectivity index (χ1v) is 8.59. The van der Waals surface area contributed by atoms with E-state index < -0.39 is 0 Å². The van der Waals surface area contributed by atoms with Crippen LogP contribution >= 0.6 is 27.3 Å². The number of rotatable bonds is 2. The van der Waals surface area contributed by atoms with Crippen molar-refractivity contribution in [1.29, 1.82) is 0 Å². The van der Waals surface area contributed by atoms with Gasteiger partial charge in [0.1, 0.15) is 4.88 Å². The number of fused-ring (bicyclic) bond motifs is 1. The lowest BCUT2D eigenvalue weighted by Crippen LogP contribution is -2.45. The van der Waals surface area contributed by atoms with Crippen molar-refractivity contribution < 1.29 is 9.53 Å². The normalized spacial score (nSPS) is 19.1. The second-order valence-electron chi connectivity index (χ2n) is 5.14. The molecule has 1 aliphatic rings. The second-order valence-corrected chi connectivity index (χ2v) is 7.11. The highest BCUT2D eigenvalue weighted by atomic mass is 79.9. The van der Waals surface area contributed by atoms with Gasteiger partial charge in [-0.25, -0.2) is 0 Å². The summed E-state index contributed by atoms with van der Waals surface area (Å²) in [6, 6.07) is 5.90. The first kappa shape index (κ1) is 14.8. The molecule has 1 amide bonds. The molecule has 0 aliphatic carbocycles. The molecule has 1 aromatic carbocycles. The summed E-state index contributed by atoms with van der Waals surface area (Å²) in [6.45, 7) is 3.95. The van der Waals surface area contributed by atoms with Gasteiger partial charge < -0.3 is 15.4 Å². The molecule has 1 unspecified atom stereocenters. The molecule has 0 radical (unpaired) electrons. The number of hydrogen-bond acceptors (Lipinski definition) is 4. The Bertz CT molecular complexity index is 686. The second kappa shape index (κ2) is 5.94. The van der Waals surface area contributed by atoms with Gasteiger partial charge in [-0.3, -0.25) is 4.79 Å². The van der Waals surface area contributed by atoms with Crippen molar-refractivity contribution in [3.8, 4) is 0 Å². The van der Waals surface area contributed by atoms with Crippen molar-refractivity contribution in [3.63, 3.8) is 0 Å². The van der Waals surface area contributed by atoms with Crippen molar-refractivity contribution in [3.05, 3.63) is 27.5 Å². The minimum absolute atomic E-state index is 0.0200. The molecule has 1 fully saturated rings. The molecule has 4 nitrogen and oxygen atoms in total. The highest BCUT2D eigenvalue weighted by molar-refractivity contribution is 9.10. The SMILES string of the molecule is CCC1CN(C(=O)c2sc3cc(Br)ccc3c2N)CCO1. The standard InChI is InChI=1S/C15H17BrN2O2S/c1-2-10-8-18(5-6-20-10)15(19)14-13(17)11-4-3-9(16)7-12(11)21-14/h3-4,7,10H,2,5-6,8,17H2,1H3. The highest BCUT2D eigenvalue weighted by Crippen LogP contribution is 2.36. The number of morpholine rings is 1. The zero-order valence-corrected chi connectivity index (χ0v) is 14.2. The molecular formula is C15H17BrN2O2S. The van der Waals surface area contributed by atoms with Gasteiger partial charge in [-0.1, -0.05) is 28.9 Å². The summed E-state index contributed by atoms with van der Waals surface area (Å²) in [5, 5.41) is 0.951. The van der Waals surface area contributed by atoms with Crippen molar-refractivity contribution >= 4 is 48.9 Å². The van der Waals surface area contributed by atoms with E-state index in [9.17, 15) is 4.79 Å². The third-order valence-corrected chi connectivity index (χ3v) is 5.42. The van der Waals surface area contributed by atoms with Crippen molar-refractivity contribution in [2.24, 2.45) is 0 Å². The Balaban J connectivity index is 1.92. The minimum atomic E-state index is 0.0200. The fourth-order valence-electron chi connectivity index (χ4n) is 2.54. The van der Waals surface area contributed by atoms with Crippen LogP contribution in [0.1, 0.15) is 23.0 Å². The van der Waals surface area contributed by atoms with E-state index in [1.165, 1.54) is 11.3 Å². The third-order valence-electron chi connectivity index (χ3n) is 3.77. The van der Waals surface area contributed by atoms with E-state index in [0.29, 0.717) is 30.3 Å². The lowest BCUT2D eigenvalue weighted by Gasteiger charge is -2.32. The molecule has 1 saturated heterocycles. The maximum absolute atomic E-state index is 12.7. The Morgan fingerprint density at radius 1 is 1.57 bits per heavy atom. The van der Waals surface area contributed by atoms with Crippen LogP contribution in [0.4, 0.5) is 5.69 Å². The summed E-state index contributed by atoms with van der Waals surface area (Å²) >= 11 is 4.91. The van der Waals surface area contributed by atoms with Gasteiger partial charge in [0.25, 0.3) is 5.91 Å². The molecular weight excluding hydrogens is 352 g/mol. The van der Waals surface area contributed by atoms with E-state index in [-0.39, 0.29) is 12.0 Å². The predicted molar refractivity (Wildman–Crippen MR) is 89.9 cm³/mol. The summed E-state index contributed by atoms with van der Waals surface area (Å²) in [6.07, 6.45) is 1.05. The third kappa shape index (κ3) is 2.80. The van der Waals surface area contributed by atoms with Crippen LogP contribution in [0.2, 0.25) is 0 Å². The number of amides is 1. The first-order chi connectivity index (χ1) is 10.1. The number of thiophene rings is 1. The molecule has 1 atom stereocenters. The smallest absolute Gasteiger partial charge is 0.266 e. The molecule has 6 heteroatoms. The number of anilines is 1. The first-order valence-electron chi connectivity index (χ1n) is 6.98. The largest absolute Gasteiger partial charge is 0.397 e. The van der Waals surface area contributed by atoms with Crippen LogP contribution in [0.15, 0.2) is 22.7 Å². The van der Waals surface area contributed by atoms with Gasteiger partial charge in [-0.15, -0.1) is 11.3 Å². The summed E-state index contributed by atoms with van der Waals surface area (Å²) in [7, 11) is 0. The van der Waals surface area contributed by atoms with Gasteiger partial charge in [0.15, 0.2) is 0 Å². The van der Waals surface area contributed by atoms with Crippen LogP contribution < -0.4 is 5.73 Å². The molecule has 2 heterocycles. The van der Waals surface area contributed by atoms with Crippen LogP contribution in [-0.2, 0) is 4.74 Å².